The van der Waals surface area contributed by atoms with Crippen LogP contribution in [0.1, 0.15) is 5.56 Å². The van der Waals surface area contributed by atoms with Gasteiger partial charge in [0.1, 0.15) is 0 Å². The molecular weight excluding hydrogens is 148 g/mol. The van der Waals surface area contributed by atoms with E-state index < -0.39 is 0 Å². The Morgan fingerprint density at radius 1 is 1.25 bits per heavy atom. The minimum absolute atomic E-state index is 1.09. The van der Waals surface area contributed by atoms with Gasteiger partial charge < -0.3 is 10.9 Å². The molecule has 1 aromatic carbocycles. The molecule has 0 saturated heterocycles. The lowest BCUT2D eigenvalue weighted by atomic mass is 10.0. The zero-order valence-electron chi connectivity index (χ0n) is 6.67. The van der Waals surface area contributed by atoms with E-state index >= 15 is 0 Å². The van der Waals surface area contributed by atoms with E-state index in [4.69, 9.17) is 0 Å². The zero-order valence-corrected chi connectivity index (χ0v) is 6.67. The van der Waals surface area contributed by atoms with Gasteiger partial charge in [-0.1, -0.05) is 30.9 Å². The molecule has 2 heteroatoms. The number of fused-ring (bicyclic) bond motifs is 1. The predicted octanol–water partition coefficient (Wildman–Crippen LogP) is 2.14. The first-order valence-corrected chi connectivity index (χ1v) is 3.85. The number of rotatable bonds is 1. The molecule has 2 rings (SSSR count). The Bertz CT molecular complexity index is 339. The van der Waals surface area contributed by atoms with Crippen molar-refractivity contribution in [2.24, 2.45) is 0 Å². The lowest BCUT2D eigenvalue weighted by molar-refractivity contribution is 1.04. The summed E-state index contributed by atoms with van der Waals surface area (Å²) in [5, 5.41) is 0. The molecule has 1 aliphatic heterocycles. The Morgan fingerprint density at radius 3 is 2.92 bits per heavy atom. The molecule has 0 amide bonds. The van der Waals surface area contributed by atoms with Crippen LogP contribution in [0.15, 0.2) is 43.1 Å². The van der Waals surface area contributed by atoms with E-state index in [2.05, 4.69) is 23.5 Å². The number of para-hydroxylation sites is 1. The van der Waals surface area contributed by atoms with Gasteiger partial charge in [0, 0.05) is 17.3 Å². The van der Waals surface area contributed by atoms with Crippen LogP contribution in [0.5, 0.6) is 0 Å². The standard InChI is InChI=1S/C10H10N2/c1-2-8-7-11-12-10-6-4-3-5-9(8)10/h2-7,11-12H,1H2. The number of benzene rings is 1. The lowest BCUT2D eigenvalue weighted by Crippen LogP contribution is -2.19. The summed E-state index contributed by atoms with van der Waals surface area (Å²) in [5.41, 5.74) is 9.41. The molecule has 0 bridgehead atoms. The summed E-state index contributed by atoms with van der Waals surface area (Å²) in [6, 6.07) is 8.11. The van der Waals surface area contributed by atoms with Gasteiger partial charge in [-0.15, -0.1) is 0 Å². The minimum atomic E-state index is 1.09. The fraction of sp³-hybridized carbons (Fsp3) is 0. The maximum atomic E-state index is 3.75. The monoisotopic (exact) mass is 158 g/mol. The van der Waals surface area contributed by atoms with Gasteiger partial charge in [0.05, 0.1) is 5.69 Å². The molecule has 0 fully saturated rings. The summed E-state index contributed by atoms with van der Waals surface area (Å²) in [6.07, 6.45) is 3.74. The Hall–Kier alpha value is -1.70. The van der Waals surface area contributed by atoms with Gasteiger partial charge in [-0.3, -0.25) is 0 Å². The average Bonchev–Trinajstić information content (AvgIpc) is 2.17. The summed E-state index contributed by atoms with van der Waals surface area (Å²) >= 11 is 0. The third kappa shape index (κ3) is 0.975. The van der Waals surface area contributed by atoms with Gasteiger partial charge in [-0.2, -0.15) is 0 Å². The van der Waals surface area contributed by atoms with Crippen molar-refractivity contribution in [3.05, 3.63) is 48.7 Å². The van der Waals surface area contributed by atoms with E-state index in [-0.39, 0.29) is 0 Å². The third-order valence-electron chi connectivity index (χ3n) is 1.89. The van der Waals surface area contributed by atoms with Crippen molar-refractivity contribution in [1.29, 1.82) is 0 Å². The Labute approximate surface area is 71.6 Å². The topological polar surface area (TPSA) is 24.1 Å². The van der Waals surface area contributed by atoms with Crippen LogP contribution in [0.2, 0.25) is 0 Å². The summed E-state index contributed by atoms with van der Waals surface area (Å²) in [4.78, 5) is 0. The highest BCUT2D eigenvalue weighted by Gasteiger charge is 2.06. The molecule has 1 aromatic rings. The Kier molecular flexibility index (Phi) is 1.59. The van der Waals surface area contributed by atoms with Crippen LogP contribution in [-0.4, -0.2) is 0 Å². The second-order valence-corrected chi connectivity index (χ2v) is 2.62. The molecule has 0 radical (unpaired) electrons. The number of hydrazine groups is 1. The van der Waals surface area contributed by atoms with Crippen molar-refractivity contribution in [2.75, 3.05) is 5.43 Å². The first kappa shape index (κ1) is 6.98. The number of anilines is 1. The van der Waals surface area contributed by atoms with E-state index in [1.165, 1.54) is 5.56 Å². The van der Waals surface area contributed by atoms with Gasteiger partial charge in [0.15, 0.2) is 0 Å². The van der Waals surface area contributed by atoms with Crippen molar-refractivity contribution < 1.29 is 0 Å². The highest BCUT2D eigenvalue weighted by Crippen LogP contribution is 2.25. The normalized spacial score (nSPS) is 13.5. The number of nitrogens with one attached hydrogen (secondary N) is 2. The summed E-state index contributed by atoms with van der Waals surface area (Å²) < 4.78 is 0. The maximum Gasteiger partial charge on any atom is 0.0618 e. The highest BCUT2D eigenvalue weighted by atomic mass is 15.3. The molecular formula is C10H10N2. The molecule has 2 N–H and O–H groups in total. The Balaban J connectivity index is 2.55. The third-order valence-corrected chi connectivity index (χ3v) is 1.89. The van der Waals surface area contributed by atoms with Crippen molar-refractivity contribution in [3.8, 4) is 0 Å². The first-order valence-electron chi connectivity index (χ1n) is 3.85. The minimum Gasteiger partial charge on any atom is -0.308 e. The molecule has 0 unspecified atom stereocenters. The second kappa shape index (κ2) is 2.74. The van der Waals surface area contributed by atoms with E-state index in [0.29, 0.717) is 0 Å². The van der Waals surface area contributed by atoms with Gasteiger partial charge >= 0.3 is 0 Å². The summed E-state index contributed by atoms with van der Waals surface area (Å²) in [6.45, 7) is 3.75. The van der Waals surface area contributed by atoms with Crippen LogP contribution in [-0.2, 0) is 0 Å². The molecule has 0 atom stereocenters. The first-order chi connectivity index (χ1) is 5.92. The summed E-state index contributed by atoms with van der Waals surface area (Å²) in [7, 11) is 0. The number of hydrogen-bond acceptors (Lipinski definition) is 2. The van der Waals surface area contributed by atoms with Gasteiger partial charge in [0.25, 0.3) is 0 Å². The lowest BCUT2D eigenvalue weighted by Gasteiger charge is -2.17. The zero-order chi connectivity index (χ0) is 8.39. The molecule has 1 heterocycles. The fourth-order valence-electron chi connectivity index (χ4n) is 1.28. The maximum absolute atomic E-state index is 3.75. The molecule has 1 aliphatic rings. The van der Waals surface area contributed by atoms with E-state index in [0.717, 1.165) is 11.3 Å². The molecule has 2 nitrogen and oxygen atoms in total. The molecule has 60 valence electrons. The van der Waals surface area contributed by atoms with Crippen LogP contribution in [0.4, 0.5) is 5.69 Å². The number of hydrogen-bond donors (Lipinski definition) is 2. The molecule has 0 aliphatic carbocycles. The van der Waals surface area contributed by atoms with Crippen LogP contribution in [0.25, 0.3) is 5.57 Å². The fourth-order valence-corrected chi connectivity index (χ4v) is 1.28. The van der Waals surface area contributed by atoms with Crippen molar-refractivity contribution in [1.82, 2.24) is 5.43 Å². The molecule has 0 saturated carbocycles. The van der Waals surface area contributed by atoms with Gasteiger partial charge in [-0.05, 0) is 6.07 Å². The van der Waals surface area contributed by atoms with Crippen molar-refractivity contribution >= 4 is 11.3 Å². The predicted molar refractivity (Wildman–Crippen MR) is 51.4 cm³/mol. The average molecular weight is 158 g/mol. The van der Waals surface area contributed by atoms with Gasteiger partial charge in [0.2, 0.25) is 0 Å². The van der Waals surface area contributed by atoms with E-state index in [1.54, 1.807) is 0 Å². The molecule has 12 heavy (non-hydrogen) atoms. The highest BCUT2D eigenvalue weighted by molar-refractivity contribution is 5.83. The van der Waals surface area contributed by atoms with E-state index in [1.807, 2.05) is 30.5 Å². The van der Waals surface area contributed by atoms with Crippen molar-refractivity contribution in [2.45, 2.75) is 0 Å². The largest absolute Gasteiger partial charge is 0.308 e. The second-order valence-electron chi connectivity index (χ2n) is 2.62. The molecule has 0 spiro atoms. The van der Waals surface area contributed by atoms with Crippen LogP contribution in [0.3, 0.4) is 0 Å². The van der Waals surface area contributed by atoms with E-state index in [9.17, 15) is 0 Å². The van der Waals surface area contributed by atoms with Crippen LogP contribution < -0.4 is 10.9 Å². The number of allylic oxidation sites excluding steroid dienone is 2. The van der Waals surface area contributed by atoms with Gasteiger partial charge in [-0.25, -0.2) is 0 Å². The quantitative estimate of drug-likeness (QED) is 0.654. The summed E-state index contributed by atoms with van der Waals surface area (Å²) in [5.74, 6) is 0. The Morgan fingerprint density at radius 2 is 2.08 bits per heavy atom. The smallest absolute Gasteiger partial charge is 0.0618 e. The molecule has 0 aromatic heterocycles. The van der Waals surface area contributed by atoms with Crippen LogP contribution >= 0.6 is 0 Å². The SMILES string of the molecule is C=CC1=CNNc2ccccc21. The van der Waals surface area contributed by atoms with Crippen molar-refractivity contribution in [3.63, 3.8) is 0 Å². The van der Waals surface area contributed by atoms with Crippen LogP contribution in [0, 0.1) is 0 Å².